The molecule has 0 radical (unpaired) electrons. The summed E-state index contributed by atoms with van der Waals surface area (Å²) < 4.78 is 16.2. The maximum absolute atomic E-state index is 12.2. The number of piperidine rings is 1. The molecule has 0 aromatic heterocycles. The number of aliphatic imine (C=N–C) groups is 1. The molecule has 30 heavy (non-hydrogen) atoms. The van der Waals surface area contributed by atoms with Crippen LogP contribution in [-0.4, -0.2) is 94.2 Å². The molecule has 2 fully saturated rings. The summed E-state index contributed by atoms with van der Waals surface area (Å²) in [7, 11) is 3.54. The van der Waals surface area contributed by atoms with Crippen LogP contribution in [0.5, 0.6) is 0 Å². The fourth-order valence-electron chi connectivity index (χ4n) is 3.77. The molecule has 176 valence electrons. The second kappa shape index (κ2) is 13.6. The first-order valence-electron chi connectivity index (χ1n) is 10.8. The molecule has 9 heteroatoms. The molecule has 0 spiro atoms. The predicted molar refractivity (Wildman–Crippen MR) is 130 cm³/mol. The number of halogens is 1. The number of hydrogen-bond donors (Lipinski definition) is 1. The Morgan fingerprint density at radius 1 is 1.07 bits per heavy atom. The fraction of sp³-hybridized carbons (Fsp3) is 0.905. The van der Waals surface area contributed by atoms with Crippen molar-refractivity contribution in [3.63, 3.8) is 0 Å². The van der Waals surface area contributed by atoms with Crippen LogP contribution in [0.1, 0.15) is 40.0 Å². The lowest BCUT2D eigenvalue weighted by atomic mass is 9.97. The zero-order valence-corrected chi connectivity index (χ0v) is 21.6. The Morgan fingerprint density at radius 2 is 1.70 bits per heavy atom. The Balaban J connectivity index is 0.00000450. The SMILES string of the molecule is CN=C(NCC1CCN(C(=O)OC(C)(C)C)CC1)N1CCC(COCCOC)C1.I. The smallest absolute Gasteiger partial charge is 0.410 e. The highest BCUT2D eigenvalue weighted by Crippen LogP contribution is 2.20. The van der Waals surface area contributed by atoms with Gasteiger partial charge in [0.25, 0.3) is 0 Å². The molecule has 1 atom stereocenters. The minimum absolute atomic E-state index is 0. The number of rotatable bonds is 7. The average molecular weight is 540 g/mol. The maximum Gasteiger partial charge on any atom is 0.410 e. The van der Waals surface area contributed by atoms with E-state index < -0.39 is 5.60 Å². The van der Waals surface area contributed by atoms with Crippen LogP contribution in [0, 0.1) is 11.8 Å². The van der Waals surface area contributed by atoms with Crippen molar-refractivity contribution < 1.29 is 19.0 Å². The van der Waals surface area contributed by atoms with Crippen molar-refractivity contribution >= 4 is 36.0 Å². The molecule has 2 heterocycles. The normalized spacial score (nSPS) is 20.8. The monoisotopic (exact) mass is 540 g/mol. The van der Waals surface area contributed by atoms with E-state index in [1.807, 2.05) is 32.7 Å². The highest BCUT2D eigenvalue weighted by atomic mass is 127. The summed E-state index contributed by atoms with van der Waals surface area (Å²) >= 11 is 0. The number of likely N-dealkylation sites (tertiary alicyclic amines) is 2. The van der Waals surface area contributed by atoms with Crippen molar-refractivity contribution in [2.24, 2.45) is 16.8 Å². The van der Waals surface area contributed by atoms with Gasteiger partial charge in [-0.2, -0.15) is 0 Å². The van der Waals surface area contributed by atoms with Gasteiger partial charge in [0.05, 0.1) is 19.8 Å². The lowest BCUT2D eigenvalue weighted by Crippen LogP contribution is -2.46. The van der Waals surface area contributed by atoms with Crippen molar-refractivity contribution in [2.75, 3.05) is 66.7 Å². The molecule has 1 amide bonds. The number of carbonyl (C=O) groups excluding carboxylic acids is 1. The number of nitrogens with zero attached hydrogens (tertiary/aromatic N) is 3. The summed E-state index contributed by atoms with van der Waals surface area (Å²) in [6, 6.07) is 0. The molecular weight excluding hydrogens is 499 g/mol. The standard InChI is InChI=1S/C21H40N4O4.HI/c1-21(2,3)29-20(26)24-9-6-17(7-10-24)14-23-19(22-4)25-11-8-18(15-25)16-28-13-12-27-5;/h17-18H,6-16H2,1-5H3,(H,22,23);1H. The van der Waals surface area contributed by atoms with Crippen molar-refractivity contribution in [3.05, 3.63) is 0 Å². The van der Waals surface area contributed by atoms with Crippen LogP contribution in [0.4, 0.5) is 4.79 Å². The van der Waals surface area contributed by atoms with Gasteiger partial charge in [0.2, 0.25) is 0 Å². The molecule has 0 aromatic rings. The van der Waals surface area contributed by atoms with E-state index in [0.717, 1.165) is 64.6 Å². The van der Waals surface area contributed by atoms with Crippen LogP contribution in [0.3, 0.4) is 0 Å². The van der Waals surface area contributed by atoms with Gasteiger partial charge < -0.3 is 29.3 Å². The molecule has 2 aliphatic rings. The number of hydrogen-bond acceptors (Lipinski definition) is 5. The minimum Gasteiger partial charge on any atom is -0.444 e. The number of methoxy groups -OCH3 is 1. The molecule has 0 aliphatic carbocycles. The van der Waals surface area contributed by atoms with E-state index in [0.29, 0.717) is 25.0 Å². The summed E-state index contributed by atoms with van der Waals surface area (Å²) in [5, 5.41) is 3.54. The average Bonchev–Trinajstić information content (AvgIpc) is 3.13. The zero-order chi connectivity index (χ0) is 21.3. The summed E-state index contributed by atoms with van der Waals surface area (Å²) in [5.74, 6) is 2.06. The quantitative estimate of drug-likeness (QED) is 0.232. The number of ether oxygens (including phenoxy) is 3. The van der Waals surface area contributed by atoms with E-state index in [9.17, 15) is 4.79 Å². The van der Waals surface area contributed by atoms with Crippen LogP contribution in [0.15, 0.2) is 4.99 Å². The zero-order valence-electron chi connectivity index (χ0n) is 19.3. The first kappa shape index (κ1) is 27.2. The first-order valence-corrected chi connectivity index (χ1v) is 10.8. The van der Waals surface area contributed by atoms with Crippen molar-refractivity contribution in [1.82, 2.24) is 15.1 Å². The molecule has 2 saturated heterocycles. The van der Waals surface area contributed by atoms with Gasteiger partial charge in [-0.3, -0.25) is 4.99 Å². The Morgan fingerprint density at radius 3 is 2.30 bits per heavy atom. The van der Waals surface area contributed by atoms with Crippen LogP contribution in [0.2, 0.25) is 0 Å². The molecule has 0 aromatic carbocycles. The number of amides is 1. The van der Waals surface area contributed by atoms with Crippen molar-refractivity contribution in [2.45, 2.75) is 45.6 Å². The highest BCUT2D eigenvalue weighted by molar-refractivity contribution is 14.0. The van der Waals surface area contributed by atoms with E-state index >= 15 is 0 Å². The van der Waals surface area contributed by atoms with Crippen molar-refractivity contribution in [1.29, 1.82) is 0 Å². The molecule has 8 nitrogen and oxygen atoms in total. The van der Waals surface area contributed by atoms with E-state index in [-0.39, 0.29) is 30.1 Å². The van der Waals surface area contributed by atoms with E-state index in [1.54, 1.807) is 7.11 Å². The summed E-state index contributed by atoms with van der Waals surface area (Å²) in [5.41, 5.74) is -0.440. The summed E-state index contributed by atoms with van der Waals surface area (Å²) in [6.45, 7) is 12.2. The summed E-state index contributed by atoms with van der Waals surface area (Å²) in [4.78, 5) is 20.8. The topological polar surface area (TPSA) is 75.6 Å². The molecule has 0 bridgehead atoms. The second-order valence-electron chi connectivity index (χ2n) is 9.01. The van der Waals surface area contributed by atoms with Crippen LogP contribution in [0.25, 0.3) is 0 Å². The fourth-order valence-corrected chi connectivity index (χ4v) is 3.77. The maximum atomic E-state index is 12.2. The third-order valence-electron chi connectivity index (χ3n) is 5.40. The van der Waals surface area contributed by atoms with E-state index in [4.69, 9.17) is 14.2 Å². The third-order valence-corrected chi connectivity index (χ3v) is 5.40. The van der Waals surface area contributed by atoms with Gasteiger partial charge in [0, 0.05) is 52.8 Å². The molecule has 2 rings (SSSR count). The van der Waals surface area contributed by atoms with Gasteiger partial charge in [-0.25, -0.2) is 4.79 Å². The van der Waals surface area contributed by atoms with Gasteiger partial charge in [-0.05, 0) is 46.0 Å². The second-order valence-corrected chi connectivity index (χ2v) is 9.01. The molecule has 0 saturated carbocycles. The number of carbonyl (C=O) groups is 1. The van der Waals surface area contributed by atoms with Gasteiger partial charge in [0.15, 0.2) is 5.96 Å². The number of guanidine groups is 1. The summed E-state index contributed by atoms with van der Waals surface area (Å²) in [6.07, 6.45) is 2.90. The predicted octanol–water partition coefficient (Wildman–Crippen LogP) is 2.81. The Kier molecular flexibility index (Phi) is 12.3. The Labute approximate surface area is 199 Å². The molecule has 1 N–H and O–H groups in total. The van der Waals surface area contributed by atoms with E-state index in [1.165, 1.54) is 0 Å². The number of nitrogens with one attached hydrogen (secondary N) is 1. The van der Waals surface area contributed by atoms with Crippen molar-refractivity contribution in [3.8, 4) is 0 Å². The van der Waals surface area contributed by atoms with Crippen LogP contribution < -0.4 is 5.32 Å². The van der Waals surface area contributed by atoms with Crippen LogP contribution >= 0.6 is 24.0 Å². The molecular formula is C21H41IN4O4. The highest BCUT2D eigenvalue weighted by Gasteiger charge is 2.28. The minimum atomic E-state index is -0.440. The molecule has 1 unspecified atom stereocenters. The van der Waals surface area contributed by atoms with Gasteiger partial charge in [-0.15, -0.1) is 24.0 Å². The Hall–Kier alpha value is -0.810. The van der Waals surface area contributed by atoms with E-state index in [2.05, 4.69) is 15.2 Å². The van der Waals surface area contributed by atoms with Gasteiger partial charge >= 0.3 is 6.09 Å². The third kappa shape index (κ3) is 9.55. The molecule has 2 aliphatic heterocycles. The van der Waals surface area contributed by atoms with Gasteiger partial charge in [-0.1, -0.05) is 0 Å². The van der Waals surface area contributed by atoms with Gasteiger partial charge in [0.1, 0.15) is 5.60 Å². The lowest BCUT2D eigenvalue weighted by Gasteiger charge is -2.34. The lowest BCUT2D eigenvalue weighted by molar-refractivity contribution is 0.0185. The first-order chi connectivity index (χ1) is 13.8. The van der Waals surface area contributed by atoms with Crippen LogP contribution in [-0.2, 0) is 14.2 Å². The Bertz CT molecular complexity index is 534. The largest absolute Gasteiger partial charge is 0.444 e.